The summed E-state index contributed by atoms with van der Waals surface area (Å²) in [5.74, 6) is 1.05. The van der Waals surface area contributed by atoms with Crippen molar-refractivity contribution in [2.45, 2.75) is 89.8 Å². The highest BCUT2D eigenvalue weighted by Crippen LogP contribution is 2.35. The van der Waals surface area contributed by atoms with Crippen LogP contribution in [0.3, 0.4) is 0 Å². The number of benzene rings is 1. The van der Waals surface area contributed by atoms with E-state index in [-0.39, 0.29) is 37.6 Å². The van der Waals surface area contributed by atoms with Gasteiger partial charge in [-0.1, -0.05) is 6.07 Å². The number of nitriles is 1. The lowest BCUT2D eigenvalue weighted by Gasteiger charge is -2.42. The van der Waals surface area contributed by atoms with Gasteiger partial charge >= 0.3 is 0 Å². The summed E-state index contributed by atoms with van der Waals surface area (Å²) in [5.41, 5.74) is 2.43. The second-order valence-corrected chi connectivity index (χ2v) is 13.0. The summed E-state index contributed by atoms with van der Waals surface area (Å²) in [5, 5.41) is 28.8. The fraction of sp³-hybridized carbons (Fsp3) is 0.559. The van der Waals surface area contributed by atoms with E-state index >= 15 is 0 Å². The zero-order valence-electron chi connectivity index (χ0n) is 28.9. The predicted octanol–water partition coefficient (Wildman–Crippen LogP) is 4.66. The molecular weight excluding hydrogens is 664 g/mol. The van der Waals surface area contributed by atoms with Gasteiger partial charge in [-0.2, -0.15) is 5.26 Å². The lowest BCUT2D eigenvalue weighted by atomic mass is 9.89. The third-order valence-corrected chi connectivity index (χ3v) is 8.91. The molecule has 6 rings (SSSR count). The van der Waals surface area contributed by atoms with Gasteiger partial charge in [0, 0.05) is 37.1 Å². The molecule has 1 aliphatic carbocycles. The van der Waals surface area contributed by atoms with Crippen molar-refractivity contribution < 1.29 is 27.7 Å². The number of nitrogens with one attached hydrogen (secondary N) is 1. The first-order chi connectivity index (χ1) is 24.7. The van der Waals surface area contributed by atoms with E-state index in [9.17, 15) is 14.0 Å². The molecule has 4 heterocycles. The highest BCUT2D eigenvalue weighted by Gasteiger charge is 2.32. The fourth-order valence-electron chi connectivity index (χ4n) is 6.66. The minimum absolute atomic E-state index is 0.00390. The smallest absolute Gasteiger partial charge is 0.261 e. The topological polar surface area (TPSA) is 163 Å². The third-order valence-electron chi connectivity index (χ3n) is 8.91. The number of nitrogens with zero attached hydrogens (tertiary/aromatic N) is 10. The molecule has 4 aromatic rings. The number of anilines is 2. The molecule has 2 aliphatic rings. The Morgan fingerprint density at radius 1 is 1.04 bits per heavy atom. The van der Waals surface area contributed by atoms with Crippen molar-refractivity contribution in [2.75, 3.05) is 38.2 Å². The minimum atomic E-state index is -2.55. The molecule has 0 unspecified atom stereocenters. The first kappa shape index (κ1) is 36.0. The van der Waals surface area contributed by atoms with Gasteiger partial charge in [-0.3, -0.25) is 9.58 Å². The lowest BCUT2D eigenvalue weighted by Crippen LogP contribution is -2.51. The summed E-state index contributed by atoms with van der Waals surface area (Å²) in [4.78, 5) is 11.6. The fourth-order valence-corrected chi connectivity index (χ4v) is 6.66. The van der Waals surface area contributed by atoms with Gasteiger partial charge in [0.25, 0.3) is 12.3 Å². The Kier molecular flexibility index (Phi) is 12.0. The Bertz CT molecular complexity index is 1720. The number of rotatable bonds is 15. The van der Waals surface area contributed by atoms with Crippen LogP contribution < -0.4 is 14.8 Å². The molecule has 1 saturated heterocycles. The molecule has 3 atom stereocenters. The number of alkyl halides is 2. The van der Waals surface area contributed by atoms with E-state index in [1.165, 1.54) is 6.33 Å². The summed E-state index contributed by atoms with van der Waals surface area (Å²) in [6.07, 6.45) is 8.35. The molecule has 17 heteroatoms. The number of hydrogen-bond donors (Lipinski definition) is 1. The highest BCUT2D eigenvalue weighted by atomic mass is 19.3. The van der Waals surface area contributed by atoms with Gasteiger partial charge in [0.1, 0.15) is 43.2 Å². The molecule has 51 heavy (non-hydrogen) atoms. The van der Waals surface area contributed by atoms with Gasteiger partial charge < -0.3 is 24.3 Å². The summed E-state index contributed by atoms with van der Waals surface area (Å²) >= 11 is 0. The number of morpholine rings is 1. The number of halogens is 2. The molecule has 1 N–H and O–H groups in total. The third kappa shape index (κ3) is 9.72. The maximum absolute atomic E-state index is 12.5. The molecule has 1 saturated carbocycles. The normalized spacial score (nSPS) is 21.7. The van der Waals surface area contributed by atoms with Gasteiger partial charge in [0.05, 0.1) is 43.2 Å². The number of aromatic nitrogens is 8. The van der Waals surface area contributed by atoms with Crippen LogP contribution in [-0.2, 0) is 16.0 Å². The molecule has 0 radical (unpaired) electrons. The highest BCUT2D eigenvalue weighted by molar-refractivity contribution is 5.67. The van der Waals surface area contributed by atoms with Crippen LogP contribution in [0.1, 0.15) is 58.1 Å². The van der Waals surface area contributed by atoms with E-state index in [0.29, 0.717) is 47.0 Å². The van der Waals surface area contributed by atoms with E-state index in [0.717, 1.165) is 44.3 Å². The number of ether oxygens (including phenoxy) is 4. The molecule has 0 amide bonds. The molecular formula is C34H43F2N11O4. The molecule has 0 spiro atoms. The second kappa shape index (κ2) is 16.9. The van der Waals surface area contributed by atoms with E-state index in [1.807, 2.05) is 23.9 Å². The maximum Gasteiger partial charge on any atom is 0.261 e. The quantitative estimate of drug-likeness (QED) is 0.170. The van der Waals surface area contributed by atoms with Crippen molar-refractivity contribution in [3.8, 4) is 28.8 Å². The molecule has 3 aromatic heterocycles. The van der Waals surface area contributed by atoms with Gasteiger partial charge in [0.2, 0.25) is 5.95 Å². The first-order valence-electron chi connectivity index (χ1n) is 17.2. The van der Waals surface area contributed by atoms with Crippen LogP contribution in [-0.4, -0.2) is 109 Å². The number of tetrazole rings is 1. The molecule has 2 fully saturated rings. The summed E-state index contributed by atoms with van der Waals surface area (Å²) in [7, 11) is 0. The van der Waals surface area contributed by atoms with Crippen LogP contribution in [0.25, 0.3) is 11.1 Å². The summed E-state index contributed by atoms with van der Waals surface area (Å²) < 4.78 is 51.5. The molecule has 1 aromatic carbocycles. The van der Waals surface area contributed by atoms with Crippen LogP contribution in [0.4, 0.5) is 20.4 Å². The van der Waals surface area contributed by atoms with Crippen LogP contribution in [0.2, 0.25) is 0 Å². The van der Waals surface area contributed by atoms with Crippen LogP contribution >= 0.6 is 0 Å². The molecule has 272 valence electrons. The average molecular weight is 708 g/mol. The van der Waals surface area contributed by atoms with Crippen molar-refractivity contribution in [2.24, 2.45) is 0 Å². The zero-order chi connectivity index (χ0) is 35.7. The minimum Gasteiger partial charge on any atom is -0.487 e. The molecule has 0 bridgehead atoms. The van der Waals surface area contributed by atoms with Crippen molar-refractivity contribution in [1.82, 2.24) is 44.9 Å². The largest absolute Gasteiger partial charge is 0.487 e. The van der Waals surface area contributed by atoms with Gasteiger partial charge in [-0.15, -0.1) is 10.2 Å². The number of hydrogen-bond acceptors (Lipinski definition) is 13. The van der Waals surface area contributed by atoms with Crippen molar-refractivity contribution in [3.63, 3.8) is 0 Å². The van der Waals surface area contributed by atoms with Crippen molar-refractivity contribution in [3.05, 3.63) is 48.7 Å². The van der Waals surface area contributed by atoms with E-state index in [4.69, 9.17) is 24.0 Å². The first-order valence-corrected chi connectivity index (χ1v) is 17.2. The van der Waals surface area contributed by atoms with Gasteiger partial charge in [0.15, 0.2) is 0 Å². The Morgan fingerprint density at radius 3 is 2.47 bits per heavy atom. The Hall–Kier alpha value is -4.79. The maximum atomic E-state index is 12.5. The van der Waals surface area contributed by atoms with Gasteiger partial charge in [-0.05, 0) is 74.6 Å². The van der Waals surface area contributed by atoms with E-state index in [2.05, 4.69) is 55.6 Å². The summed E-state index contributed by atoms with van der Waals surface area (Å²) in [6.45, 7) is 7.82. The van der Waals surface area contributed by atoms with E-state index < -0.39 is 13.0 Å². The Labute approximate surface area is 294 Å². The van der Waals surface area contributed by atoms with Crippen molar-refractivity contribution in [1.29, 1.82) is 5.26 Å². The van der Waals surface area contributed by atoms with Crippen molar-refractivity contribution >= 4 is 11.6 Å². The predicted molar refractivity (Wildman–Crippen MR) is 181 cm³/mol. The van der Waals surface area contributed by atoms with Crippen LogP contribution in [0, 0.1) is 11.3 Å². The standard InChI is InChI=1S/C34H43F2N11O4/c1-22-16-45(17-23(2)50-22)28-6-8-29(9-7-28)47-19-30(33(42-47)49-11-10-48-20-32(35)36)41-34-38-14-27(15-39-34)25-4-5-26(13-37)31(12-25)51-24(3)18-46-21-40-43-44-46/h4-5,12,14-15,19,21-24,28-29,32H,6-11,16-18,20H2,1-3H3,(H,38,39,41)/t22-,23+,24-,28?,29?/m0/s1. The Balaban J connectivity index is 1.13. The second-order valence-electron chi connectivity index (χ2n) is 13.0. The SMILES string of the molecule is C[C@@H]1CN(C2CCC(n3cc(Nc4ncc(-c5ccc(C#N)c(O[C@@H](C)Cn6cnnn6)c5)cn4)c(OCCOCC(F)F)n3)CC2)C[C@H](C)O1. The molecule has 15 nitrogen and oxygen atoms in total. The monoisotopic (exact) mass is 707 g/mol. The average Bonchev–Trinajstić information content (AvgIpc) is 3.78. The molecule has 1 aliphatic heterocycles. The van der Waals surface area contributed by atoms with E-state index in [1.54, 1.807) is 29.2 Å². The summed E-state index contributed by atoms with van der Waals surface area (Å²) in [6, 6.07) is 8.14. The lowest BCUT2D eigenvalue weighted by molar-refractivity contribution is -0.0852. The van der Waals surface area contributed by atoms with Crippen LogP contribution in [0.15, 0.2) is 43.1 Å². The van der Waals surface area contributed by atoms with Crippen LogP contribution in [0.5, 0.6) is 11.6 Å². The zero-order valence-corrected chi connectivity index (χ0v) is 28.9. The Morgan fingerprint density at radius 2 is 1.78 bits per heavy atom. The van der Waals surface area contributed by atoms with Gasteiger partial charge in [-0.25, -0.2) is 23.4 Å².